The molecular weight excluding hydrogens is 546 g/mol. The van der Waals surface area contributed by atoms with E-state index in [1.54, 1.807) is 44.2 Å². The topological polar surface area (TPSA) is 111 Å². The Kier molecular flexibility index (Phi) is 7.96. The average molecular weight is 571 g/mol. The van der Waals surface area contributed by atoms with Gasteiger partial charge in [0.05, 0.1) is 0 Å². The highest BCUT2D eigenvalue weighted by Gasteiger charge is 2.21. The van der Waals surface area contributed by atoms with Crippen LogP contribution in [0.1, 0.15) is 34.6 Å². The van der Waals surface area contributed by atoms with Gasteiger partial charge in [-0.1, -0.05) is 71.9 Å². The summed E-state index contributed by atoms with van der Waals surface area (Å²) in [5, 5.41) is 16.0. The Labute approximate surface area is 239 Å². The normalized spacial score (nSPS) is 11.5. The Morgan fingerprint density at radius 1 is 0.881 bits per heavy atom. The molecular formula is C32H24F2N2O6. The van der Waals surface area contributed by atoms with Gasteiger partial charge in [0.25, 0.3) is 0 Å². The number of rotatable bonds is 8. The first-order valence-electron chi connectivity index (χ1n) is 12.8. The molecule has 0 saturated carbocycles. The second kappa shape index (κ2) is 11.9. The summed E-state index contributed by atoms with van der Waals surface area (Å²) in [5.41, 5.74) is 2.97. The summed E-state index contributed by atoms with van der Waals surface area (Å²) in [4.78, 5) is 24.0. The monoisotopic (exact) mass is 570 g/mol. The van der Waals surface area contributed by atoms with E-state index in [2.05, 4.69) is 10.5 Å². The number of aryl methyl sites for hydroxylation is 1. The lowest BCUT2D eigenvalue weighted by molar-refractivity contribution is 0.0693. The molecule has 8 nitrogen and oxygen atoms in total. The molecule has 1 amide bonds. The van der Waals surface area contributed by atoms with Crippen molar-refractivity contribution in [2.24, 2.45) is 0 Å². The molecule has 0 unspecified atom stereocenters. The number of aromatic nitrogens is 1. The van der Waals surface area contributed by atoms with E-state index in [0.29, 0.717) is 33.8 Å². The van der Waals surface area contributed by atoms with Crippen LogP contribution in [0.5, 0.6) is 11.5 Å². The van der Waals surface area contributed by atoms with Gasteiger partial charge in [-0.15, -0.1) is 0 Å². The highest BCUT2D eigenvalue weighted by molar-refractivity contribution is 5.91. The summed E-state index contributed by atoms with van der Waals surface area (Å²) in [5.74, 6) is -3.73. The first-order valence-corrected chi connectivity index (χ1v) is 12.8. The molecule has 42 heavy (non-hydrogen) atoms. The number of para-hydroxylation sites is 1. The third-order valence-electron chi connectivity index (χ3n) is 6.46. The fourth-order valence-corrected chi connectivity index (χ4v) is 4.27. The van der Waals surface area contributed by atoms with Gasteiger partial charge in [-0.2, -0.15) is 0 Å². The maximum Gasteiger partial charge on any atom is 0.412 e. The van der Waals surface area contributed by atoms with E-state index in [0.717, 1.165) is 11.6 Å². The smallest absolute Gasteiger partial charge is 0.412 e. The zero-order valence-electron chi connectivity index (χ0n) is 22.4. The number of nitrogens with zero attached hydrogens (tertiary/aromatic N) is 1. The van der Waals surface area contributed by atoms with Gasteiger partial charge in [0.2, 0.25) is 0 Å². The van der Waals surface area contributed by atoms with Gasteiger partial charge >= 0.3 is 12.1 Å². The molecule has 1 heterocycles. The summed E-state index contributed by atoms with van der Waals surface area (Å²) in [6.07, 6.45) is -1.14. The molecule has 5 aromatic rings. The zero-order chi connectivity index (χ0) is 29.8. The molecule has 4 aromatic carbocycles. The number of aromatic carboxylic acids is 1. The van der Waals surface area contributed by atoms with Crippen molar-refractivity contribution in [3.05, 3.63) is 119 Å². The number of carbonyl (C=O) groups is 2. The van der Waals surface area contributed by atoms with E-state index in [-0.39, 0.29) is 5.75 Å². The number of carbonyl (C=O) groups excluding carboxylic acids is 1. The van der Waals surface area contributed by atoms with Crippen LogP contribution in [0.15, 0.2) is 95.5 Å². The molecule has 0 aliphatic heterocycles. The highest BCUT2D eigenvalue weighted by Crippen LogP contribution is 2.35. The van der Waals surface area contributed by atoms with E-state index in [1.807, 2.05) is 30.3 Å². The number of halogens is 2. The van der Waals surface area contributed by atoms with Crippen LogP contribution in [0.25, 0.3) is 22.5 Å². The molecule has 10 heteroatoms. The Bertz CT molecular complexity index is 1750. The van der Waals surface area contributed by atoms with Gasteiger partial charge in [-0.05, 0) is 54.8 Å². The molecule has 5 rings (SSSR count). The predicted molar refractivity (Wildman–Crippen MR) is 150 cm³/mol. The number of carboxylic acids is 1. The van der Waals surface area contributed by atoms with Gasteiger partial charge < -0.3 is 19.1 Å². The van der Waals surface area contributed by atoms with Crippen LogP contribution in [0.2, 0.25) is 0 Å². The summed E-state index contributed by atoms with van der Waals surface area (Å²) >= 11 is 0. The molecule has 0 radical (unpaired) electrons. The van der Waals surface area contributed by atoms with Crippen molar-refractivity contribution in [2.75, 3.05) is 5.32 Å². The van der Waals surface area contributed by atoms with E-state index in [4.69, 9.17) is 14.0 Å². The summed E-state index contributed by atoms with van der Waals surface area (Å²) in [6, 6.07) is 23.7. The fraction of sp³-hybridized carbons (Fsp3) is 0.0938. The van der Waals surface area contributed by atoms with Crippen molar-refractivity contribution in [1.82, 2.24) is 5.16 Å². The Balaban J connectivity index is 1.32. The number of carboxylic acid groups (broad SMARTS) is 1. The Hall–Kier alpha value is -5.51. The number of benzene rings is 4. The lowest BCUT2D eigenvalue weighted by Crippen LogP contribution is -2.16. The zero-order valence-corrected chi connectivity index (χ0v) is 22.4. The maximum absolute atomic E-state index is 14.9. The molecule has 0 bridgehead atoms. The average Bonchev–Trinajstić information content (AvgIpc) is 3.34. The van der Waals surface area contributed by atoms with Crippen LogP contribution < -0.4 is 10.1 Å². The molecule has 1 atom stereocenters. The molecule has 1 aromatic heterocycles. The van der Waals surface area contributed by atoms with Crippen molar-refractivity contribution in [1.29, 1.82) is 0 Å². The van der Waals surface area contributed by atoms with E-state index < -0.39 is 41.1 Å². The van der Waals surface area contributed by atoms with Crippen LogP contribution in [-0.4, -0.2) is 22.3 Å². The van der Waals surface area contributed by atoms with Crippen molar-refractivity contribution >= 4 is 17.7 Å². The Morgan fingerprint density at radius 2 is 1.57 bits per heavy atom. The number of ether oxygens (including phenoxy) is 2. The minimum Gasteiger partial charge on any atom is -0.478 e. The van der Waals surface area contributed by atoms with Crippen molar-refractivity contribution in [3.8, 4) is 33.9 Å². The van der Waals surface area contributed by atoms with Crippen LogP contribution in [0.4, 0.5) is 19.3 Å². The minimum atomic E-state index is -1.40. The minimum absolute atomic E-state index is 0.317. The molecule has 0 aliphatic carbocycles. The molecule has 2 N–H and O–H groups in total. The molecule has 0 spiro atoms. The highest BCUT2D eigenvalue weighted by atomic mass is 19.1. The second-order valence-corrected chi connectivity index (χ2v) is 9.30. The maximum atomic E-state index is 14.9. The Morgan fingerprint density at radius 3 is 2.26 bits per heavy atom. The lowest BCUT2D eigenvalue weighted by Gasteiger charge is -2.14. The first kappa shape index (κ1) is 28.0. The van der Waals surface area contributed by atoms with Crippen LogP contribution >= 0.6 is 0 Å². The van der Waals surface area contributed by atoms with Gasteiger partial charge in [0.1, 0.15) is 23.0 Å². The van der Waals surface area contributed by atoms with Crippen molar-refractivity contribution in [2.45, 2.75) is 20.0 Å². The van der Waals surface area contributed by atoms with Crippen LogP contribution in [0, 0.1) is 18.6 Å². The van der Waals surface area contributed by atoms with Crippen LogP contribution in [0.3, 0.4) is 0 Å². The molecule has 0 fully saturated rings. The SMILES string of the molecule is Cc1noc(-c2ccc(-c3ccc(Oc4c(F)cccc4C(=O)O)c(F)c3)cc2)c1NC(=O)O[C@H](C)c1ccccc1. The number of hydrogen-bond acceptors (Lipinski definition) is 6. The third-order valence-corrected chi connectivity index (χ3v) is 6.46. The van der Waals surface area contributed by atoms with Gasteiger partial charge in [-0.25, -0.2) is 18.4 Å². The first-order chi connectivity index (χ1) is 20.2. The van der Waals surface area contributed by atoms with Crippen molar-refractivity contribution in [3.63, 3.8) is 0 Å². The fourth-order valence-electron chi connectivity index (χ4n) is 4.27. The van der Waals surface area contributed by atoms with Gasteiger partial charge in [-0.3, -0.25) is 5.32 Å². The van der Waals surface area contributed by atoms with Gasteiger partial charge in [0.15, 0.2) is 28.9 Å². The second-order valence-electron chi connectivity index (χ2n) is 9.30. The van der Waals surface area contributed by atoms with E-state index >= 15 is 0 Å². The number of hydrogen-bond donors (Lipinski definition) is 2. The standard InChI is InChI=1S/C32H24F2N2O6/c1-18-28(35-32(39)40-19(2)20-7-4-3-5-8-20)29(42-36-18)22-13-11-21(12-14-22)23-15-16-27(26(34)17-23)41-30-24(31(37)38)9-6-10-25(30)33/h3-17,19H,1-2H3,(H,35,39)(H,37,38)/t19-/m1/s1. The quantitative estimate of drug-likeness (QED) is 0.193. The molecule has 212 valence electrons. The summed E-state index contributed by atoms with van der Waals surface area (Å²) in [6.45, 7) is 3.45. The lowest BCUT2D eigenvalue weighted by atomic mass is 10.0. The summed E-state index contributed by atoms with van der Waals surface area (Å²) in [7, 11) is 0. The number of nitrogens with one attached hydrogen (secondary N) is 1. The van der Waals surface area contributed by atoms with E-state index in [1.165, 1.54) is 24.3 Å². The van der Waals surface area contributed by atoms with Gasteiger partial charge in [0, 0.05) is 5.56 Å². The largest absolute Gasteiger partial charge is 0.478 e. The number of amides is 1. The van der Waals surface area contributed by atoms with E-state index in [9.17, 15) is 23.5 Å². The third kappa shape index (κ3) is 5.97. The molecule has 0 aliphatic rings. The number of anilines is 1. The summed E-state index contributed by atoms with van der Waals surface area (Å²) < 4.78 is 45.4. The molecule has 0 saturated heterocycles. The predicted octanol–water partition coefficient (Wildman–Crippen LogP) is 8.40. The van der Waals surface area contributed by atoms with Crippen LogP contribution in [-0.2, 0) is 4.74 Å². The van der Waals surface area contributed by atoms with Crippen molar-refractivity contribution < 1.29 is 37.5 Å².